The largest absolute Gasteiger partial charge is 0.350 e. The molecule has 80 valence electrons. The number of anilines is 1. The lowest BCUT2D eigenvalue weighted by atomic mass is 10.4. The summed E-state index contributed by atoms with van der Waals surface area (Å²) >= 11 is 0. The third kappa shape index (κ3) is 1.94. The fourth-order valence-corrected chi connectivity index (χ4v) is 1.31. The van der Waals surface area contributed by atoms with Gasteiger partial charge in [-0.2, -0.15) is 0 Å². The van der Waals surface area contributed by atoms with Crippen LogP contribution in [0.2, 0.25) is 0 Å². The van der Waals surface area contributed by atoms with Crippen LogP contribution in [0.5, 0.6) is 0 Å². The van der Waals surface area contributed by atoms with Gasteiger partial charge < -0.3 is 4.90 Å². The van der Waals surface area contributed by atoms with E-state index >= 15 is 0 Å². The van der Waals surface area contributed by atoms with Crippen molar-refractivity contribution in [1.82, 2.24) is 9.13 Å². The molecule has 0 radical (unpaired) electrons. The maximum absolute atomic E-state index is 11.6. The molecule has 5 nitrogen and oxygen atoms in total. The minimum atomic E-state index is -0.360. The summed E-state index contributed by atoms with van der Waals surface area (Å²) in [5.41, 5.74) is -0.696. The molecular weight excluding hydrogens is 194 g/mol. The normalized spacial score (nSPS) is 9.73. The zero-order valence-electron chi connectivity index (χ0n) is 9.02. The summed E-state index contributed by atoms with van der Waals surface area (Å²) in [5, 5.41) is 0. The monoisotopic (exact) mass is 207 g/mol. The first-order valence-electron chi connectivity index (χ1n) is 4.40. The molecule has 1 aromatic rings. The van der Waals surface area contributed by atoms with Gasteiger partial charge in [-0.1, -0.05) is 5.92 Å². The number of hydrogen-bond donors (Lipinski definition) is 0. The molecule has 0 unspecified atom stereocenters. The van der Waals surface area contributed by atoms with Crippen molar-refractivity contribution < 1.29 is 0 Å². The number of aromatic nitrogens is 2. The highest BCUT2D eigenvalue weighted by molar-refractivity contribution is 5.38. The van der Waals surface area contributed by atoms with Crippen LogP contribution in [0.4, 0.5) is 5.82 Å². The molecule has 0 amide bonds. The quantitative estimate of drug-likeness (QED) is 0.594. The molecule has 1 aromatic heterocycles. The zero-order chi connectivity index (χ0) is 11.6. The molecule has 0 bridgehead atoms. The Morgan fingerprint density at radius 3 is 2.53 bits per heavy atom. The van der Waals surface area contributed by atoms with Crippen molar-refractivity contribution in [1.29, 1.82) is 0 Å². The van der Waals surface area contributed by atoms with Crippen molar-refractivity contribution in [3.05, 3.63) is 26.9 Å². The van der Waals surface area contributed by atoms with E-state index in [2.05, 4.69) is 5.92 Å². The summed E-state index contributed by atoms with van der Waals surface area (Å²) in [6.07, 6.45) is 5.16. The first kappa shape index (κ1) is 11.1. The summed E-state index contributed by atoms with van der Waals surface area (Å²) in [5.74, 6) is 2.96. The smallest absolute Gasteiger partial charge is 0.332 e. The van der Waals surface area contributed by atoms with Gasteiger partial charge in [0.25, 0.3) is 5.56 Å². The summed E-state index contributed by atoms with van der Waals surface area (Å²) in [4.78, 5) is 24.6. The minimum absolute atomic E-state index is 0.336. The highest BCUT2D eigenvalue weighted by Crippen LogP contribution is 2.04. The highest BCUT2D eigenvalue weighted by Gasteiger charge is 2.08. The van der Waals surface area contributed by atoms with Crippen molar-refractivity contribution in [2.75, 3.05) is 18.5 Å². The number of terminal acetylenes is 1. The van der Waals surface area contributed by atoms with Gasteiger partial charge in [0.2, 0.25) is 0 Å². The molecule has 15 heavy (non-hydrogen) atoms. The molecule has 0 atom stereocenters. The van der Waals surface area contributed by atoms with Crippen LogP contribution in [0.3, 0.4) is 0 Å². The molecule has 0 spiro atoms. The van der Waals surface area contributed by atoms with Crippen molar-refractivity contribution in [3.63, 3.8) is 0 Å². The lowest BCUT2D eigenvalue weighted by molar-refractivity contribution is 0.677. The van der Waals surface area contributed by atoms with E-state index in [9.17, 15) is 9.59 Å². The van der Waals surface area contributed by atoms with Gasteiger partial charge in [-0.25, -0.2) is 4.79 Å². The second-order valence-corrected chi connectivity index (χ2v) is 3.30. The summed E-state index contributed by atoms with van der Waals surface area (Å²) < 4.78 is 2.44. The van der Waals surface area contributed by atoms with E-state index in [-0.39, 0.29) is 11.2 Å². The number of rotatable bonds is 2. The zero-order valence-corrected chi connectivity index (χ0v) is 9.02. The van der Waals surface area contributed by atoms with E-state index in [1.165, 1.54) is 17.7 Å². The van der Waals surface area contributed by atoms with Gasteiger partial charge in [-0.3, -0.25) is 13.9 Å². The third-order valence-electron chi connectivity index (χ3n) is 2.22. The van der Waals surface area contributed by atoms with Gasteiger partial charge in [-0.15, -0.1) is 6.42 Å². The Morgan fingerprint density at radius 1 is 1.40 bits per heavy atom. The van der Waals surface area contributed by atoms with Crippen molar-refractivity contribution in [2.45, 2.75) is 0 Å². The molecule has 1 heterocycles. The van der Waals surface area contributed by atoms with Gasteiger partial charge in [0.1, 0.15) is 5.82 Å². The molecular formula is C10H13N3O2. The maximum Gasteiger partial charge on any atom is 0.332 e. The van der Waals surface area contributed by atoms with E-state index in [1.54, 1.807) is 19.0 Å². The highest BCUT2D eigenvalue weighted by atomic mass is 16.2. The molecule has 0 saturated heterocycles. The number of hydrogen-bond acceptors (Lipinski definition) is 3. The maximum atomic E-state index is 11.6. The average molecular weight is 207 g/mol. The Labute approximate surface area is 87.6 Å². The molecule has 0 aliphatic rings. The summed E-state index contributed by atoms with van der Waals surface area (Å²) in [6, 6.07) is 1.39. The predicted molar refractivity (Wildman–Crippen MR) is 59.0 cm³/mol. The van der Waals surface area contributed by atoms with Crippen molar-refractivity contribution in [2.24, 2.45) is 14.1 Å². The van der Waals surface area contributed by atoms with Crippen LogP contribution in [0, 0.1) is 12.3 Å². The standard InChI is InChI=1S/C10H13N3O2/c1-5-6-11(2)8-7-9(14)13(4)10(15)12(8)3/h1,7H,6H2,2-4H3. The molecule has 5 heteroatoms. The second kappa shape index (κ2) is 4.05. The molecule has 0 fully saturated rings. The molecule has 0 aliphatic heterocycles. The van der Waals surface area contributed by atoms with E-state index in [0.29, 0.717) is 12.4 Å². The lowest BCUT2D eigenvalue weighted by Gasteiger charge is -2.19. The topological polar surface area (TPSA) is 47.2 Å². The second-order valence-electron chi connectivity index (χ2n) is 3.30. The molecule has 1 rings (SSSR count). The van der Waals surface area contributed by atoms with Gasteiger partial charge in [0, 0.05) is 27.2 Å². The summed E-state index contributed by atoms with van der Waals surface area (Å²) in [7, 11) is 4.77. The number of nitrogens with zero attached hydrogens (tertiary/aromatic N) is 3. The van der Waals surface area contributed by atoms with Gasteiger partial charge in [0.05, 0.1) is 6.54 Å². The SMILES string of the molecule is C#CCN(C)c1cc(=O)n(C)c(=O)n1C. The van der Waals surface area contributed by atoms with Crippen LogP contribution < -0.4 is 16.1 Å². The first-order valence-corrected chi connectivity index (χ1v) is 4.40. The van der Waals surface area contributed by atoms with E-state index in [0.717, 1.165) is 4.57 Å². The van der Waals surface area contributed by atoms with Gasteiger partial charge in [-0.05, 0) is 0 Å². The van der Waals surface area contributed by atoms with Crippen LogP contribution in [0.1, 0.15) is 0 Å². The average Bonchev–Trinajstić information content (AvgIpc) is 2.20. The first-order chi connectivity index (χ1) is 6.99. The Hall–Kier alpha value is -1.96. The fraction of sp³-hybridized carbons (Fsp3) is 0.400. The van der Waals surface area contributed by atoms with E-state index in [4.69, 9.17) is 6.42 Å². The molecule has 0 N–H and O–H groups in total. The van der Waals surface area contributed by atoms with Crippen molar-refractivity contribution >= 4 is 5.82 Å². The Kier molecular flexibility index (Phi) is 3.00. The van der Waals surface area contributed by atoms with Crippen LogP contribution in [0.15, 0.2) is 15.7 Å². The van der Waals surface area contributed by atoms with Gasteiger partial charge in [0.15, 0.2) is 0 Å². The summed E-state index contributed by atoms with van der Waals surface area (Å²) in [6.45, 7) is 0.348. The van der Waals surface area contributed by atoms with Gasteiger partial charge >= 0.3 is 5.69 Å². The van der Waals surface area contributed by atoms with Crippen LogP contribution in [-0.2, 0) is 14.1 Å². The van der Waals surface area contributed by atoms with Crippen LogP contribution >= 0.6 is 0 Å². The molecule has 0 aliphatic carbocycles. The van der Waals surface area contributed by atoms with Crippen molar-refractivity contribution in [3.8, 4) is 12.3 Å². The van der Waals surface area contributed by atoms with Crippen LogP contribution in [0.25, 0.3) is 0 Å². The lowest BCUT2D eigenvalue weighted by Crippen LogP contribution is -2.39. The molecule has 0 aromatic carbocycles. The van der Waals surface area contributed by atoms with E-state index < -0.39 is 0 Å². The predicted octanol–water partition coefficient (Wildman–Crippen LogP) is -0.847. The third-order valence-corrected chi connectivity index (χ3v) is 2.22. The Morgan fingerprint density at radius 2 is 2.00 bits per heavy atom. The Balaban J connectivity index is 3.40. The fourth-order valence-electron chi connectivity index (χ4n) is 1.31. The van der Waals surface area contributed by atoms with E-state index in [1.807, 2.05) is 0 Å². The Bertz CT molecular complexity index is 519. The van der Waals surface area contributed by atoms with Crippen LogP contribution in [-0.4, -0.2) is 22.7 Å². The minimum Gasteiger partial charge on any atom is -0.350 e. The molecule has 0 saturated carbocycles.